The smallest absolute Gasteiger partial charge is 0.368 e. The normalized spacial score (nSPS) is 28.5. The fourth-order valence-electron chi connectivity index (χ4n) is 4.81. The van der Waals surface area contributed by atoms with Crippen LogP contribution in [-0.4, -0.2) is 49.1 Å². The molecular weight excluding hydrogens is 355 g/mol. The molecule has 3 aliphatic heterocycles. The lowest BCUT2D eigenvalue weighted by Crippen LogP contribution is -2.49. The summed E-state index contributed by atoms with van der Waals surface area (Å²) in [5, 5.41) is 3.60. The zero-order valence-electron chi connectivity index (χ0n) is 15.3. The van der Waals surface area contributed by atoms with Gasteiger partial charge in [0.05, 0.1) is 5.56 Å². The molecule has 7 heteroatoms. The van der Waals surface area contributed by atoms with E-state index in [2.05, 4.69) is 5.32 Å². The molecule has 0 aliphatic carbocycles. The number of halogens is 3. The molecule has 2 bridgehead atoms. The van der Waals surface area contributed by atoms with Gasteiger partial charge in [-0.2, -0.15) is 13.2 Å². The number of fused-ring (bicyclic) bond motifs is 2. The number of alkyl halides is 3. The van der Waals surface area contributed by atoms with Crippen LogP contribution in [0.5, 0.6) is 0 Å². The number of piperazine rings is 1. The Morgan fingerprint density at radius 2 is 1.74 bits per heavy atom. The summed E-state index contributed by atoms with van der Waals surface area (Å²) < 4.78 is 38.7. The number of hydrogen-bond donors (Lipinski definition) is 1. The highest BCUT2D eigenvalue weighted by molar-refractivity contribution is 5.77. The highest BCUT2D eigenvalue weighted by Gasteiger charge is 2.35. The number of rotatable bonds is 3. The van der Waals surface area contributed by atoms with Crippen LogP contribution < -0.4 is 10.2 Å². The van der Waals surface area contributed by atoms with E-state index >= 15 is 0 Å². The van der Waals surface area contributed by atoms with Crippen LogP contribution in [0.2, 0.25) is 0 Å². The van der Waals surface area contributed by atoms with Crippen molar-refractivity contribution in [2.45, 2.75) is 50.4 Å². The van der Waals surface area contributed by atoms with Gasteiger partial charge < -0.3 is 15.1 Å². The van der Waals surface area contributed by atoms with Gasteiger partial charge >= 0.3 is 6.18 Å². The molecule has 2 unspecified atom stereocenters. The van der Waals surface area contributed by atoms with Gasteiger partial charge in [-0.3, -0.25) is 4.79 Å². The summed E-state index contributed by atoms with van der Waals surface area (Å²) in [4.78, 5) is 16.5. The Hall–Kier alpha value is -1.76. The summed E-state index contributed by atoms with van der Waals surface area (Å²) in [6.45, 7) is 2.30. The van der Waals surface area contributed by atoms with Gasteiger partial charge in [0.15, 0.2) is 0 Å². The predicted octanol–water partition coefficient (Wildman–Crippen LogP) is 3.27. The predicted molar refractivity (Wildman–Crippen MR) is 97.5 cm³/mol. The van der Waals surface area contributed by atoms with E-state index in [-0.39, 0.29) is 5.91 Å². The minimum absolute atomic E-state index is 0.199. The summed E-state index contributed by atoms with van der Waals surface area (Å²) in [6, 6.07) is 6.61. The zero-order valence-corrected chi connectivity index (χ0v) is 15.3. The van der Waals surface area contributed by atoms with E-state index in [9.17, 15) is 18.0 Å². The Morgan fingerprint density at radius 1 is 1.07 bits per heavy atom. The first-order valence-corrected chi connectivity index (χ1v) is 9.84. The molecule has 3 fully saturated rings. The molecule has 1 aromatic rings. The lowest BCUT2D eigenvalue weighted by Gasteiger charge is -2.37. The number of carbonyl (C=O) groups excluding carboxylic acids is 1. The molecule has 2 atom stereocenters. The highest BCUT2D eigenvalue weighted by atomic mass is 19.4. The molecule has 4 rings (SSSR count). The quantitative estimate of drug-likeness (QED) is 0.873. The molecule has 4 nitrogen and oxygen atoms in total. The lowest BCUT2D eigenvalue weighted by molar-refractivity contribution is -0.137. The molecule has 0 radical (unpaired) electrons. The third kappa shape index (κ3) is 4.23. The molecule has 27 heavy (non-hydrogen) atoms. The zero-order chi connectivity index (χ0) is 19.0. The van der Waals surface area contributed by atoms with Gasteiger partial charge in [0.25, 0.3) is 0 Å². The Labute approximate surface area is 157 Å². The second-order valence-corrected chi connectivity index (χ2v) is 8.10. The molecule has 0 saturated carbocycles. The van der Waals surface area contributed by atoms with E-state index in [4.69, 9.17) is 0 Å². The summed E-state index contributed by atoms with van der Waals surface area (Å²) in [5.74, 6) is 0.669. The van der Waals surface area contributed by atoms with E-state index in [1.54, 1.807) is 6.07 Å². The van der Waals surface area contributed by atoms with E-state index in [1.165, 1.54) is 25.0 Å². The summed E-state index contributed by atoms with van der Waals surface area (Å²) in [7, 11) is 0. The minimum atomic E-state index is -4.33. The van der Waals surface area contributed by atoms with Crippen LogP contribution in [0, 0.1) is 5.92 Å². The average Bonchev–Trinajstić information content (AvgIpc) is 2.99. The first-order valence-electron chi connectivity index (χ1n) is 9.84. The second kappa shape index (κ2) is 7.34. The summed E-state index contributed by atoms with van der Waals surface area (Å²) in [6.07, 6.45) is 0.912. The van der Waals surface area contributed by atoms with Crippen LogP contribution in [0.3, 0.4) is 0 Å². The first-order chi connectivity index (χ1) is 12.9. The molecule has 1 amide bonds. The van der Waals surface area contributed by atoms with Crippen molar-refractivity contribution in [3.05, 3.63) is 29.8 Å². The molecule has 0 spiro atoms. The van der Waals surface area contributed by atoms with Crippen LogP contribution >= 0.6 is 0 Å². The van der Waals surface area contributed by atoms with E-state index in [1.807, 2.05) is 9.80 Å². The van der Waals surface area contributed by atoms with Gasteiger partial charge in [-0.15, -0.1) is 0 Å². The Balaban J connectivity index is 1.30. The fraction of sp³-hybridized carbons (Fsp3) is 0.650. The molecule has 1 N–H and O–H groups in total. The van der Waals surface area contributed by atoms with Crippen LogP contribution in [0.1, 0.15) is 37.7 Å². The number of piperidine rings is 1. The number of hydrogen-bond acceptors (Lipinski definition) is 3. The number of anilines is 1. The molecule has 3 heterocycles. The van der Waals surface area contributed by atoms with Crippen molar-refractivity contribution in [1.82, 2.24) is 10.2 Å². The van der Waals surface area contributed by atoms with Crippen molar-refractivity contribution in [2.75, 3.05) is 31.1 Å². The number of nitrogens with one attached hydrogen (secondary N) is 1. The van der Waals surface area contributed by atoms with E-state index in [0.29, 0.717) is 56.3 Å². The average molecular weight is 381 g/mol. The van der Waals surface area contributed by atoms with Crippen molar-refractivity contribution in [3.63, 3.8) is 0 Å². The third-order valence-corrected chi connectivity index (χ3v) is 6.20. The van der Waals surface area contributed by atoms with Gasteiger partial charge in [-0.25, -0.2) is 0 Å². The Kier molecular flexibility index (Phi) is 5.05. The van der Waals surface area contributed by atoms with Gasteiger partial charge in [-0.05, 0) is 49.8 Å². The molecule has 0 aromatic heterocycles. The van der Waals surface area contributed by atoms with Crippen molar-refractivity contribution in [3.8, 4) is 0 Å². The SMILES string of the molecule is O=C(CC1CC2CCC(C1)N2)N1CCN(c2cccc(C(F)(F)F)c2)CC1. The van der Waals surface area contributed by atoms with Crippen LogP contribution in [0.4, 0.5) is 18.9 Å². The third-order valence-electron chi connectivity index (χ3n) is 6.20. The van der Waals surface area contributed by atoms with Crippen LogP contribution in [-0.2, 0) is 11.0 Å². The fourth-order valence-corrected chi connectivity index (χ4v) is 4.81. The van der Waals surface area contributed by atoms with Crippen molar-refractivity contribution >= 4 is 11.6 Å². The summed E-state index contributed by atoms with van der Waals surface area (Å²) in [5.41, 5.74) is -0.0501. The largest absolute Gasteiger partial charge is 0.416 e. The molecular formula is C20H26F3N3O. The number of amides is 1. The first kappa shape index (κ1) is 18.6. The van der Waals surface area contributed by atoms with Crippen molar-refractivity contribution in [1.29, 1.82) is 0 Å². The molecule has 1 aromatic carbocycles. The van der Waals surface area contributed by atoms with Gasteiger partial charge in [0, 0.05) is 50.4 Å². The molecule has 3 aliphatic rings. The van der Waals surface area contributed by atoms with Crippen molar-refractivity contribution in [2.24, 2.45) is 5.92 Å². The van der Waals surface area contributed by atoms with Crippen LogP contribution in [0.25, 0.3) is 0 Å². The maximum atomic E-state index is 12.9. The Bertz CT molecular complexity index is 673. The van der Waals surface area contributed by atoms with Gasteiger partial charge in [0.1, 0.15) is 0 Å². The second-order valence-electron chi connectivity index (χ2n) is 8.10. The lowest BCUT2D eigenvalue weighted by atomic mass is 9.89. The number of nitrogens with zero attached hydrogens (tertiary/aromatic N) is 2. The van der Waals surface area contributed by atoms with Gasteiger partial charge in [0.2, 0.25) is 5.91 Å². The van der Waals surface area contributed by atoms with Crippen LogP contribution in [0.15, 0.2) is 24.3 Å². The van der Waals surface area contributed by atoms with Gasteiger partial charge in [-0.1, -0.05) is 6.07 Å². The van der Waals surface area contributed by atoms with E-state index in [0.717, 1.165) is 18.9 Å². The van der Waals surface area contributed by atoms with Crippen molar-refractivity contribution < 1.29 is 18.0 Å². The molecule has 3 saturated heterocycles. The number of benzene rings is 1. The van der Waals surface area contributed by atoms with E-state index < -0.39 is 11.7 Å². The topological polar surface area (TPSA) is 35.6 Å². The molecule has 148 valence electrons. The maximum absolute atomic E-state index is 12.9. The number of carbonyl (C=O) groups is 1. The Morgan fingerprint density at radius 3 is 2.37 bits per heavy atom. The maximum Gasteiger partial charge on any atom is 0.416 e. The standard InChI is InChI=1S/C20H26F3N3O/c21-20(22,23)15-2-1-3-18(13-15)25-6-8-26(9-7-25)19(27)12-14-10-16-4-5-17(11-14)24-16/h1-3,13-14,16-17,24H,4-12H2. The monoisotopic (exact) mass is 381 g/mol. The highest BCUT2D eigenvalue weighted by Crippen LogP contribution is 2.34. The minimum Gasteiger partial charge on any atom is -0.368 e. The summed E-state index contributed by atoms with van der Waals surface area (Å²) >= 11 is 0.